The second-order valence-corrected chi connectivity index (χ2v) is 6.97. The third-order valence-corrected chi connectivity index (χ3v) is 4.21. The Morgan fingerprint density at radius 3 is 1.93 bits per heavy atom. The van der Waals surface area contributed by atoms with Crippen LogP contribution in [0.3, 0.4) is 0 Å². The zero-order valence-corrected chi connectivity index (χ0v) is 17.6. The van der Waals surface area contributed by atoms with Crippen molar-refractivity contribution in [3.05, 3.63) is 0 Å². The van der Waals surface area contributed by atoms with Crippen LogP contribution in [0.4, 0.5) is 0 Å². The lowest BCUT2D eigenvalue weighted by Gasteiger charge is -2.16. The van der Waals surface area contributed by atoms with Crippen LogP contribution in [0.1, 0.15) is 19.3 Å². The van der Waals surface area contributed by atoms with Crippen molar-refractivity contribution in [3.8, 4) is 0 Å². The number of carbonyl (C=O) groups is 5. The van der Waals surface area contributed by atoms with Gasteiger partial charge in [0.1, 0.15) is 24.7 Å². The summed E-state index contributed by atoms with van der Waals surface area (Å²) in [6, 6.07) is -2.83. The molecule has 0 aliphatic heterocycles. The number of carboxylic acids is 3. The van der Waals surface area contributed by atoms with Crippen LogP contribution in [0.5, 0.6) is 0 Å². The van der Waals surface area contributed by atoms with Gasteiger partial charge in [0, 0.05) is 12.2 Å². The number of nitrogens with two attached hydrogens (primary N) is 2. The molecule has 12 nitrogen and oxygen atoms in total. The molecule has 29 heavy (non-hydrogen) atoms. The van der Waals surface area contributed by atoms with Gasteiger partial charge in [-0.05, 0) is 24.9 Å². The molecule has 0 aromatic carbocycles. The van der Waals surface area contributed by atoms with E-state index in [4.69, 9.17) is 26.8 Å². The zero-order valence-electron chi connectivity index (χ0n) is 15.9. The van der Waals surface area contributed by atoms with E-state index in [2.05, 4.69) is 23.3 Å². The Balaban J connectivity index is 0. The van der Waals surface area contributed by atoms with Crippen molar-refractivity contribution in [3.63, 3.8) is 0 Å². The number of carboxylic acid groups (broad SMARTS) is 3. The number of hydrogen-bond donors (Lipinski definition) is 8. The molecule has 0 saturated carbocycles. The van der Waals surface area contributed by atoms with Crippen LogP contribution in [0, 0.1) is 0 Å². The summed E-state index contributed by atoms with van der Waals surface area (Å²) in [5, 5.41) is 29.6. The van der Waals surface area contributed by atoms with Gasteiger partial charge in [0.15, 0.2) is 0 Å². The highest BCUT2D eigenvalue weighted by atomic mass is 32.2. The number of hydrogen-bond acceptors (Lipinski definition) is 9. The fraction of sp³-hybridized carbons (Fsp3) is 0.667. The summed E-state index contributed by atoms with van der Waals surface area (Å²) in [5.74, 6) is -3.80. The summed E-state index contributed by atoms with van der Waals surface area (Å²) in [6.07, 6.45) is 2.24. The van der Waals surface area contributed by atoms with E-state index in [9.17, 15) is 24.0 Å². The monoisotopic (exact) mass is 456 g/mol. The SMILES string of the molecule is CSCC[C@@H](N)C(=O)O.N[C@@H](CCC(=O)N[C@@H](CS)C(=O)NCC(=O)O)C(=O)O. The lowest BCUT2D eigenvalue weighted by atomic mass is 10.1. The van der Waals surface area contributed by atoms with Gasteiger partial charge in [-0.2, -0.15) is 24.4 Å². The van der Waals surface area contributed by atoms with E-state index in [1.807, 2.05) is 6.26 Å². The second-order valence-electron chi connectivity index (χ2n) is 5.62. The van der Waals surface area contributed by atoms with E-state index in [0.29, 0.717) is 6.42 Å². The smallest absolute Gasteiger partial charge is 0.322 e. The zero-order chi connectivity index (χ0) is 23.0. The van der Waals surface area contributed by atoms with Crippen LogP contribution in [-0.4, -0.2) is 87.5 Å². The van der Waals surface area contributed by atoms with Crippen LogP contribution in [0.15, 0.2) is 0 Å². The molecule has 168 valence electrons. The van der Waals surface area contributed by atoms with Crippen LogP contribution in [0.25, 0.3) is 0 Å². The van der Waals surface area contributed by atoms with Gasteiger partial charge >= 0.3 is 17.9 Å². The fourth-order valence-electron chi connectivity index (χ4n) is 1.52. The van der Waals surface area contributed by atoms with Crippen LogP contribution >= 0.6 is 24.4 Å². The third kappa shape index (κ3) is 16.6. The molecule has 0 radical (unpaired) electrons. The summed E-state index contributed by atoms with van der Waals surface area (Å²) in [4.78, 5) is 53.8. The number of amides is 2. The average Bonchev–Trinajstić information content (AvgIpc) is 2.66. The van der Waals surface area contributed by atoms with E-state index in [0.717, 1.165) is 5.75 Å². The third-order valence-electron chi connectivity index (χ3n) is 3.20. The largest absolute Gasteiger partial charge is 0.480 e. The second kappa shape index (κ2) is 16.9. The van der Waals surface area contributed by atoms with Gasteiger partial charge in [-0.3, -0.25) is 24.0 Å². The van der Waals surface area contributed by atoms with Gasteiger partial charge in [-0.25, -0.2) is 0 Å². The molecule has 0 unspecified atom stereocenters. The average molecular weight is 457 g/mol. The number of rotatable bonds is 13. The molecule has 0 aliphatic rings. The Morgan fingerprint density at radius 2 is 1.52 bits per heavy atom. The predicted octanol–water partition coefficient (Wildman–Crippen LogP) is -2.05. The molecule has 0 aromatic rings. The Labute approximate surface area is 177 Å². The quantitative estimate of drug-likeness (QED) is 0.141. The van der Waals surface area contributed by atoms with E-state index in [1.54, 1.807) is 11.8 Å². The summed E-state index contributed by atoms with van der Waals surface area (Å²) >= 11 is 5.48. The Bertz CT molecular complexity index is 564. The first-order valence-corrected chi connectivity index (χ1v) is 10.3. The molecule has 0 rings (SSSR count). The highest BCUT2D eigenvalue weighted by Crippen LogP contribution is 1.98. The maximum Gasteiger partial charge on any atom is 0.322 e. The minimum atomic E-state index is -1.22. The minimum Gasteiger partial charge on any atom is -0.480 e. The molecule has 0 fully saturated rings. The van der Waals surface area contributed by atoms with Crippen molar-refractivity contribution in [2.45, 2.75) is 37.4 Å². The molecule has 0 aromatic heterocycles. The van der Waals surface area contributed by atoms with Crippen LogP contribution < -0.4 is 22.1 Å². The number of thiol groups is 1. The lowest BCUT2D eigenvalue weighted by molar-refractivity contribution is -0.139. The topological polar surface area (TPSA) is 222 Å². The molecule has 0 bridgehead atoms. The summed E-state index contributed by atoms with van der Waals surface area (Å²) in [6.45, 7) is -0.567. The molecule has 3 atom stereocenters. The minimum absolute atomic E-state index is 0.0256. The van der Waals surface area contributed by atoms with E-state index >= 15 is 0 Å². The predicted molar refractivity (Wildman–Crippen MR) is 110 cm³/mol. The molecule has 0 spiro atoms. The van der Waals surface area contributed by atoms with Crippen molar-refractivity contribution < 1.29 is 39.3 Å². The van der Waals surface area contributed by atoms with Crippen molar-refractivity contribution in [2.24, 2.45) is 11.5 Å². The van der Waals surface area contributed by atoms with Crippen molar-refractivity contribution in [1.82, 2.24) is 10.6 Å². The molecule has 14 heteroatoms. The molecule has 0 saturated heterocycles. The first kappa shape index (κ1) is 29.2. The highest BCUT2D eigenvalue weighted by molar-refractivity contribution is 7.98. The van der Waals surface area contributed by atoms with Crippen LogP contribution in [-0.2, 0) is 24.0 Å². The number of thioether (sulfide) groups is 1. The first-order chi connectivity index (χ1) is 13.5. The number of aliphatic carboxylic acids is 3. The summed E-state index contributed by atoms with van der Waals surface area (Å²) in [5.41, 5.74) is 10.4. The summed E-state index contributed by atoms with van der Waals surface area (Å²) in [7, 11) is 0. The van der Waals surface area contributed by atoms with Gasteiger partial charge in [0.2, 0.25) is 11.8 Å². The molecular formula is C15H28N4O8S2. The van der Waals surface area contributed by atoms with Crippen LogP contribution in [0.2, 0.25) is 0 Å². The fourth-order valence-corrected chi connectivity index (χ4v) is 2.27. The van der Waals surface area contributed by atoms with Gasteiger partial charge in [-0.1, -0.05) is 0 Å². The molecule has 0 heterocycles. The highest BCUT2D eigenvalue weighted by Gasteiger charge is 2.20. The van der Waals surface area contributed by atoms with Gasteiger partial charge < -0.3 is 37.4 Å². The van der Waals surface area contributed by atoms with Crippen molar-refractivity contribution in [2.75, 3.05) is 24.3 Å². The molecule has 9 N–H and O–H groups in total. The first-order valence-electron chi connectivity index (χ1n) is 8.31. The molecule has 0 aliphatic carbocycles. The van der Waals surface area contributed by atoms with Crippen molar-refractivity contribution in [1.29, 1.82) is 0 Å². The van der Waals surface area contributed by atoms with E-state index < -0.39 is 54.4 Å². The van der Waals surface area contributed by atoms with Crippen molar-refractivity contribution >= 4 is 54.1 Å². The number of nitrogens with one attached hydrogen (secondary N) is 2. The maximum absolute atomic E-state index is 11.5. The number of carbonyl (C=O) groups excluding carboxylic acids is 2. The maximum atomic E-state index is 11.5. The van der Waals surface area contributed by atoms with E-state index in [-0.39, 0.29) is 18.6 Å². The summed E-state index contributed by atoms with van der Waals surface area (Å²) < 4.78 is 0. The Morgan fingerprint density at radius 1 is 1.00 bits per heavy atom. The molecule has 2 amide bonds. The normalized spacial score (nSPS) is 13.1. The van der Waals surface area contributed by atoms with Gasteiger partial charge in [-0.15, -0.1) is 0 Å². The van der Waals surface area contributed by atoms with Gasteiger partial charge in [0.05, 0.1) is 0 Å². The Hall–Kier alpha value is -2.03. The molecular weight excluding hydrogens is 428 g/mol. The standard InChI is InChI=1S/C10H17N3O6S.C5H11NO2S/c11-5(10(18)19)1-2-7(14)13-6(4-20)9(17)12-3-8(15)16;1-9-3-2-4(6)5(7)8/h5-6,20H,1-4,11H2,(H,12,17)(H,13,14)(H,15,16)(H,18,19);4H,2-3,6H2,1H3,(H,7,8)/t5-,6-;4-/m01/s1. The lowest BCUT2D eigenvalue weighted by Crippen LogP contribution is -2.49. The Kier molecular flexibility index (Phi) is 17.0. The van der Waals surface area contributed by atoms with Gasteiger partial charge in [0.25, 0.3) is 0 Å². The van der Waals surface area contributed by atoms with E-state index in [1.165, 1.54) is 0 Å².